The van der Waals surface area contributed by atoms with Crippen molar-refractivity contribution in [3.8, 4) is 0 Å². The van der Waals surface area contributed by atoms with Crippen LogP contribution in [0.2, 0.25) is 0 Å². The molecule has 3 N–H and O–H groups in total. The molecule has 0 radical (unpaired) electrons. The average molecular weight is 342 g/mol. The van der Waals surface area contributed by atoms with Crippen LogP contribution in [0.1, 0.15) is 43.5 Å². The Labute approximate surface area is 147 Å². The second-order valence-corrected chi connectivity index (χ2v) is 7.56. The molecule has 2 atom stereocenters. The number of para-hydroxylation sites is 1. The van der Waals surface area contributed by atoms with Gasteiger partial charge in [0.15, 0.2) is 0 Å². The molecule has 6 nitrogen and oxygen atoms in total. The van der Waals surface area contributed by atoms with Gasteiger partial charge in [0.25, 0.3) is 0 Å². The van der Waals surface area contributed by atoms with Crippen molar-refractivity contribution in [1.29, 1.82) is 0 Å². The van der Waals surface area contributed by atoms with Crippen LogP contribution in [0.25, 0.3) is 11.0 Å². The third-order valence-electron chi connectivity index (χ3n) is 5.89. The van der Waals surface area contributed by atoms with Crippen molar-refractivity contribution in [3.63, 3.8) is 0 Å². The van der Waals surface area contributed by atoms with Crippen LogP contribution < -0.4 is 5.32 Å². The summed E-state index contributed by atoms with van der Waals surface area (Å²) in [6.45, 7) is 3.70. The molecule has 0 bridgehead atoms. The Kier molecular flexibility index (Phi) is 4.15. The minimum absolute atomic E-state index is 0.0650. The van der Waals surface area contributed by atoms with Crippen molar-refractivity contribution in [2.45, 2.75) is 51.2 Å². The number of benzene rings is 1. The number of hydrogen-bond acceptors (Lipinski definition) is 3. The second-order valence-electron chi connectivity index (χ2n) is 7.56. The maximum Gasteiger partial charge on any atom is 0.317 e. The number of carbonyl (C=O) groups is 1. The Balaban J connectivity index is 1.38. The topological polar surface area (TPSA) is 81.2 Å². The molecule has 1 saturated carbocycles. The number of rotatable bonds is 2. The smallest absolute Gasteiger partial charge is 0.317 e. The number of aromatic amines is 1. The van der Waals surface area contributed by atoms with Crippen molar-refractivity contribution >= 4 is 17.1 Å². The first-order valence-electron chi connectivity index (χ1n) is 9.24. The summed E-state index contributed by atoms with van der Waals surface area (Å²) in [4.78, 5) is 22.2. The first-order chi connectivity index (χ1) is 12.0. The van der Waals surface area contributed by atoms with E-state index in [1.807, 2.05) is 30.0 Å². The van der Waals surface area contributed by atoms with Crippen molar-refractivity contribution in [2.75, 3.05) is 13.1 Å². The summed E-state index contributed by atoms with van der Waals surface area (Å²) in [6.07, 6.45) is 4.84. The summed E-state index contributed by atoms with van der Waals surface area (Å²) in [6, 6.07) is 5.96. The third-order valence-corrected chi connectivity index (χ3v) is 5.89. The van der Waals surface area contributed by atoms with Crippen LogP contribution in [-0.4, -0.2) is 44.7 Å². The van der Waals surface area contributed by atoms with Gasteiger partial charge in [0.1, 0.15) is 5.82 Å². The van der Waals surface area contributed by atoms with E-state index in [1.54, 1.807) is 0 Å². The monoisotopic (exact) mass is 342 g/mol. The van der Waals surface area contributed by atoms with E-state index in [0.717, 1.165) is 48.1 Å². The number of urea groups is 1. The number of aromatic nitrogens is 2. The molecule has 2 aliphatic rings. The summed E-state index contributed by atoms with van der Waals surface area (Å²) in [5.74, 6) is 0.985. The Bertz CT molecular complexity index is 787. The molecule has 2 amide bonds. The maximum absolute atomic E-state index is 12.5. The number of fused-ring (bicyclic) bond motifs is 2. The lowest BCUT2D eigenvalue weighted by Gasteiger charge is -2.47. The third kappa shape index (κ3) is 3.11. The average Bonchev–Trinajstić information content (AvgIpc) is 3.03. The van der Waals surface area contributed by atoms with Gasteiger partial charge in [0.2, 0.25) is 0 Å². The first-order valence-corrected chi connectivity index (χ1v) is 9.24. The molecule has 1 saturated heterocycles. The molecule has 0 spiro atoms. The van der Waals surface area contributed by atoms with E-state index in [0.29, 0.717) is 26.1 Å². The molecule has 1 aliphatic carbocycles. The van der Waals surface area contributed by atoms with E-state index in [1.165, 1.54) is 0 Å². The quantitative estimate of drug-likeness (QED) is 0.785. The van der Waals surface area contributed by atoms with E-state index in [2.05, 4.69) is 15.3 Å². The Hall–Kier alpha value is -2.08. The fourth-order valence-electron chi connectivity index (χ4n) is 4.34. The standard InChI is InChI=1S/C19H26N4O2/c1-13-5-4-7-15-17(13)22-16(21-15)11-20-18(24)23-10-9-19(25)8-3-2-6-14(19)12-23/h4-5,7,14,25H,2-3,6,8-12H2,1H3,(H,20,24)(H,21,22). The molecule has 134 valence electrons. The highest BCUT2D eigenvalue weighted by Crippen LogP contribution is 2.39. The number of aliphatic hydroxyl groups is 1. The molecule has 2 unspecified atom stereocenters. The van der Waals surface area contributed by atoms with Gasteiger partial charge in [-0.25, -0.2) is 9.78 Å². The van der Waals surface area contributed by atoms with E-state index >= 15 is 0 Å². The molecule has 1 aromatic carbocycles. The lowest BCUT2D eigenvalue weighted by Crippen LogP contribution is -2.56. The van der Waals surface area contributed by atoms with E-state index in [-0.39, 0.29) is 11.9 Å². The fourth-order valence-corrected chi connectivity index (χ4v) is 4.34. The number of piperidine rings is 1. The van der Waals surface area contributed by atoms with Crippen molar-refractivity contribution in [2.24, 2.45) is 5.92 Å². The summed E-state index contributed by atoms with van der Waals surface area (Å²) < 4.78 is 0. The highest BCUT2D eigenvalue weighted by molar-refractivity contribution is 5.79. The normalized spacial score (nSPS) is 26.5. The van der Waals surface area contributed by atoms with Crippen molar-refractivity contribution in [3.05, 3.63) is 29.6 Å². The van der Waals surface area contributed by atoms with Gasteiger partial charge in [-0.1, -0.05) is 25.0 Å². The molecule has 2 heterocycles. The summed E-state index contributed by atoms with van der Waals surface area (Å²) >= 11 is 0. The van der Waals surface area contributed by atoms with E-state index in [9.17, 15) is 9.90 Å². The zero-order valence-electron chi connectivity index (χ0n) is 14.7. The van der Waals surface area contributed by atoms with Crippen molar-refractivity contribution < 1.29 is 9.90 Å². The number of amides is 2. The summed E-state index contributed by atoms with van der Waals surface area (Å²) in [5, 5.41) is 13.7. The maximum atomic E-state index is 12.5. The molecule has 1 aliphatic heterocycles. The van der Waals surface area contributed by atoms with Crippen LogP contribution >= 0.6 is 0 Å². The molecule has 6 heteroatoms. The Morgan fingerprint density at radius 1 is 1.44 bits per heavy atom. The van der Waals surface area contributed by atoms with Gasteiger partial charge < -0.3 is 20.3 Å². The van der Waals surface area contributed by atoms with E-state index < -0.39 is 5.60 Å². The molecular weight excluding hydrogens is 316 g/mol. The molecule has 2 fully saturated rings. The van der Waals surface area contributed by atoms with Gasteiger partial charge in [0, 0.05) is 19.0 Å². The Morgan fingerprint density at radius 2 is 2.32 bits per heavy atom. The lowest BCUT2D eigenvalue weighted by molar-refractivity contribution is -0.0870. The number of aryl methyl sites for hydroxylation is 1. The molecule has 2 aromatic rings. The van der Waals surface area contributed by atoms with Gasteiger partial charge in [-0.05, 0) is 37.8 Å². The molecule has 25 heavy (non-hydrogen) atoms. The summed E-state index contributed by atoms with van der Waals surface area (Å²) in [5.41, 5.74) is 2.52. The van der Waals surface area contributed by atoms with Crippen LogP contribution in [0.5, 0.6) is 0 Å². The van der Waals surface area contributed by atoms with Gasteiger partial charge in [0.05, 0.1) is 23.2 Å². The van der Waals surface area contributed by atoms with Gasteiger partial charge in [-0.15, -0.1) is 0 Å². The summed E-state index contributed by atoms with van der Waals surface area (Å²) in [7, 11) is 0. The molecule has 4 rings (SSSR count). The van der Waals surface area contributed by atoms with Gasteiger partial charge in [-0.2, -0.15) is 0 Å². The van der Waals surface area contributed by atoms with Crippen LogP contribution in [0.15, 0.2) is 18.2 Å². The van der Waals surface area contributed by atoms with Crippen molar-refractivity contribution in [1.82, 2.24) is 20.2 Å². The van der Waals surface area contributed by atoms with Crippen LogP contribution in [-0.2, 0) is 6.54 Å². The zero-order chi connectivity index (χ0) is 17.4. The highest BCUT2D eigenvalue weighted by atomic mass is 16.3. The van der Waals surface area contributed by atoms with Gasteiger partial charge >= 0.3 is 6.03 Å². The Morgan fingerprint density at radius 3 is 3.16 bits per heavy atom. The number of hydrogen-bond donors (Lipinski definition) is 3. The van der Waals surface area contributed by atoms with Crippen LogP contribution in [0, 0.1) is 12.8 Å². The van der Waals surface area contributed by atoms with Crippen LogP contribution in [0.4, 0.5) is 4.79 Å². The second kappa shape index (κ2) is 6.33. The number of carbonyl (C=O) groups excluding carboxylic acids is 1. The number of nitrogens with one attached hydrogen (secondary N) is 2. The largest absolute Gasteiger partial charge is 0.389 e. The van der Waals surface area contributed by atoms with E-state index in [4.69, 9.17) is 0 Å². The predicted octanol–water partition coefficient (Wildman–Crippen LogP) is 2.71. The molecule has 1 aromatic heterocycles. The minimum atomic E-state index is -0.550. The number of likely N-dealkylation sites (tertiary alicyclic amines) is 1. The van der Waals surface area contributed by atoms with Gasteiger partial charge in [-0.3, -0.25) is 0 Å². The number of nitrogens with zero attached hydrogens (tertiary/aromatic N) is 2. The SMILES string of the molecule is Cc1cccc2[nH]c(CNC(=O)N3CCC4(O)CCCCC4C3)nc12. The minimum Gasteiger partial charge on any atom is -0.389 e. The number of H-pyrrole nitrogens is 1. The number of imidazole rings is 1. The highest BCUT2D eigenvalue weighted by Gasteiger charge is 2.43. The first kappa shape index (κ1) is 16.4. The molecular formula is C19H26N4O2. The fraction of sp³-hybridized carbons (Fsp3) is 0.579. The van der Waals surface area contributed by atoms with Crippen LogP contribution in [0.3, 0.4) is 0 Å². The predicted molar refractivity (Wildman–Crippen MR) is 96.2 cm³/mol. The zero-order valence-corrected chi connectivity index (χ0v) is 14.7. The lowest BCUT2D eigenvalue weighted by atomic mass is 9.71.